The fourth-order valence-corrected chi connectivity index (χ4v) is 3.47. The predicted molar refractivity (Wildman–Crippen MR) is 127 cm³/mol. The maximum absolute atomic E-state index is 11.6. The van der Waals surface area contributed by atoms with Crippen molar-refractivity contribution in [3.8, 4) is 11.5 Å². The van der Waals surface area contributed by atoms with Crippen LogP contribution in [0.5, 0.6) is 11.5 Å². The van der Waals surface area contributed by atoms with Gasteiger partial charge in [-0.2, -0.15) is 0 Å². The number of esters is 4. The Morgan fingerprint density at radius 3 is 1.14 bits per heavy atom. The highest BCUT2D eigenvalue weighted by atomic mass is 16.5. The van der Waals surface area contributed by atoms with Crippen molar-refractivity contribution in [3.63, 3.8) is 0 Å². The number of ether oxygens (including phenoxy) is 4. The number of nitrogens with zero attached hydrogens (tertiary/aromatic N) is 2. The van der Waals surface area contributed by atoms with E-state index in [2.05, 4.69) is 18.9 Å². The molecule has 0 saturated heterocycles. The van der Waals surface area contributed by atoms with E-state index in [1.807, 2.05) is 0 Å². The first-order valence-corrected chi connectivity index (χ1v) is 11.4. The Morgan fingerprint density at radius 2 is 0.889 bits per heavy atom. The third-order valence-corrected chi connectivity index (χ3v) is 5.48. The lowest BCUT2D eigenvalue weighted by Crippen LogP contribution is -2.36. The van der Waals surface area contributed by atoms with Crippen LogP contribution in [0.25, 0.3) is 0 Å². The highest BCUT2D eigenvalue weighted by Gasteiger charge is 2.18. The van der Waals surface area contributed by atoms with Gasteiger partial charge in [-0.3, -0.25) is 29.0 Å². The smallest absolute Gasteiger partial charge is 0.319 e. The molecule has 0 bridgehead atoms. The molecule has 12 heteroatoms. The van der Waals surface area contributed by atoms with Crippen LogP contribution in [0.4, 0.5) is 0 Å². The number of aryl methyl sites for hydroxylation is 2. The predicted octanol–water partition coefficient (Wildman–Crippen LogP) is 0.259. The van der Waals surface area contributed by atoms with E-state index in [1.54, 1.807) is 21.9 Å². The van der Waals surface area contributed by atoms with Crippen molar-refractivity contribution in [1.82, 2.24) is 9.80 Å². The van der Waals surface area contributed by atoms with Crippen molar-refractivity contribution in [3.05, 3.63) is 23.3 Å². The summed E-state index contributed by atoms with van der Waals surface area (Å²) in [6.45, 7) is 0.412. The number of hydrogen-bond acceptors (Lipinski definition) is 12. The van der Waals surface area contributed by atoms with Gasteiger partial charge in [-0.15, -0.1) is 0 Å². The fraction of sp³-hybridized carbons (Fsp3) is 0.583. The molecule has 0 heterocycles. The van der Waals surface area contributed by atoms with E-state index in [-0.39, 0.29) is 37.7 Å². The van der Waals surface area contributed by atoms with Crippen LogP contribution >= 0.6 is 0 Å². The normalized spacial score (nSPS) is 10.8. The zero-order valence-corrected chi connectivity index (χ0v) is 21.3. The third kappa shape index (κ3) is 10.9. The molecule has 36 heavy (non-hydrogen) atoms. The number of rotatable bonds is 16. The number of carbonyl (C=O) groups excluding carboxylic acids is 4. The molecule has 0 fully saturated rings. The van der Waals surface area contributed by atoms with Crippen molar-refractivity contribution in [2.75, 3.05) is 67.7 Å². The number of phenols is 2. The fourth-order valence-electron chi connectivity index (χ4n) is 3.47. The Kier molecular flexibility index (Phi) is 13.9. The second-order valence-corrected chi connectivity index (χ2v) is 8.01. The van der Waals surface area contributed by atoms with E-state index < -0.39 is 23.9 Å². The van der Waals surface area contributed by atoms with Gasteiger partial charge in [-0.05, 0) is 49.9 Å². The minimum Gasteiger partial charge on any atom is -0.504 e. The highest BCUT2D eigenvalue weighted by Crippen LogP contribution is 2.34. The lowest BCUT2D eigenvalue weighted by atomic mass is 10.0. The molecule has 0 radical (unpaired) electrons. The molecule has 0 aliphatic heterocycles. The number of carbonyl (C=O) groups is 4. The topological polar surface area (TPSA) is 152 Å². The maximum atomic E-state index is 11.6. The van der Waals surface area contributed by atoms with Crippen LogP contribution in [0.1, 0.15) is 24.0 Å². The Balaban J connectivity index is 2.71. The molecule has 0 aromatic heterocycles. The van der Waals surface area contributed by atoms with Crippen LogP contribution in [0.2, 0.25) is 0 Å². The quantitative estimate of drug-likeness (QED) is 0.177. The second-order valence-electron chi connectivity index (χ2n) is 8.01. The number of phenolic OH excluding ortho intramolecular Hbond substituents is 2. The zero-order chi connectivity index (χ0) is 27.1. The standard InChI is InChI=1S/C24H36N2O10/c1-33-19(27)13-25(14-20(28)34-2)11-5-7-17-9-10-18(24(32)23(17)31)8-6-12-26(15-21(29)35-3)16-22(30)36-4/h9-10,31-32H,5-8,11-16H2,1-4H3. The Hall–Kier alpha value is -3.38. The van der Waals surface area contributed by atoms with Gasteiger partial charge in [0.25, 0.3) is 0 Å². The van der Waals surface area contributed by atoms with Gasteiger partial charge in [0.15, 0.2) is 11.5 Å². The lowest BCUT2D eigenvalue weighted by Gasteiger charge is -2.20. The summed E-state index contributed by atoms with van der Waals surface area (Å²) >= 11 is 0. The summed E-state index contributed by atoms with van der Waals surface area (Å²) in [6, 6.07) is 3.41. The van der Waals surface area contributed by atoms with Crippen molar-refractivity contribution in [1.29, 1.82) is 0 Å². The van der Waals surface area contributed by atoms with Crippen LogP contribution in [0, 0.1) is 0 Å². The molecule has 12 nitrogen and oxygen atoms in total. The van der Waals surface area contributed by atoms with Crippen LogP contribution in [0.3, 0.4) is 0 Å². The Labute approximate surface area is 210 Å². The molecule has 2 N–H and O–H groups in total. The van der Waals surface area contributed by atoms with Crippen LogP contribution < -0.4 is 0 Å². The van der Waals surface area contributed by atoms with Gasteiger partial charge >= 0.3 is 23.9 Å². The van der Waals surface area contributed by atoms with Gasteiger partial charge in [0.2, 0.25) is 0 Å². The largest absolute Gasteiger partial charge is 0.504 e. The lowest BCUT2D eigenvalue weighted by molar-refractivity contribution is -0.147. The first-order chi connectivity index (χ1) is 17.1. The van der Waals surface area contributed by atoms with Crippen molar-refractivity contribution >= 4 is 23.9 Å². The molecule has 0 unspecified atom stereocenters. The molecule has 0 spiro atoms. The van der Waals surface area contributed by atoms with E-state index >= 15 is 0 Å². The minimum atomic E-state index is -0.486. The van der Waals surface area contributed by atoms with Gasteiger partial charge in [-0.25, -0.2) is 0 Å². The number of benzene rings is 1. The monoisotopic (exact) mass is 512 g/mol. The minimum absolute atomic E-state index is 0.0786. The summed E-state index contributed by atoms with van der Waals surface area (Å²) < 4.78 is 18.6. The van der Waals surface area contributed by atoms with E-state index in [4.69, 9.17) is 0 Å². The van der Waals surface area contributed by atoms with Crippen molar-refractivity contribution in [2.45, 2.75) is 25.7 Å². The molecule has 0 aliphatic rings. The van der Waals surface area contributed by atoms with E-state index in [0.29, 0.717) is 49.9 Å². The van der Waals surface area contributed by atoms with Gasteiger partial charge in [0, 0.05) is 0 Å². The molecular formula is C24H36N2O10. The molecular weight excluding hydrogens is 476 g/mol. The third-order valence-electron chi connectivity index (χ3n) is 5.48. The summed E-state index contributed by atoms with van der Waals surface area (Å²) in [7, 11) is 5.04. The zero-order valence-electron chi connectivity index (χ0n) is 21.3. The van der Waals surface area contributed by atoms with Crippen LogP contribution in [-0.2, 0) is 51.0 Å². The van der Waals surface area contributed by atoms with Crippen LogP contribution in [-0.4, -0.2) is 112 Å². The molecule has 1 rings (SSSR count). The summed E-state index contributed by atoms with van der Waals surface area (Å²) in [5, 5.41) is 21.0. The van der Waals surface area contributed by atoms with Crippen molar-refractivity contribution in [2.24, 2.45) is 0 Å². The van der Waals surface area contributed by atoms with Crippen LogP contribution in [0.15, 0.2) is 12.1 Å². The van der Waals surface area contributed by atoms with E-state index in [1.165, 1.54) is 28.4 Å². The molecule has 0 aliphatic carbocycles. The SMILES string of the molecule is COC(=O)CN(CCCc1ccc(CCCN(CC(=O)OC)CC(=O)OC)c(O)c1O)CC(=O)OC. The Bertz CT molecular complexity index is 783. The van der Waals surface area contributed by atoms with Gasteiger partial charge < -0.3 is 29.2 Å². The average molecular weight is 513 g/mol. The first-order valence-electron chi connectivity index (χ1n) is 11.4. The number of methoxy groups -OCH3 is 4. The van der Waals surface area contributed by atoms with Crippen molar-refractivity contribution < 1.29 is 48.3 Å². The Morgan fingerprint density at radius 1 is 0.611 bits per heavy atom. The maximum Gasteiger partial charge on any atom is 0.319 e. The van der Waals surface area contributed by atoms with Gasteiger partial charge in [-0.1, -0.05) is 12.1 Å². The average Bonchev–Trinajstić information content (AvgIpc) is 2.86. The summed E-state index contributed by atoms with van der Waals surface area (Å²) in [4.78, 5) is 49.5. The first kappa shape index (κ1) is 30.7. The molecule has 1 aromatic carbocycles. The summed E-state index contributed by atoms with van der Waals surface area (Å²) in [5.74, 6) is -2.41. The number of hydrogen-bond donors (Lipinski definition) is 2. The summed E-state index contributed by atoms with van der Waals surface area (Å²) in [5.41, 5.74) is 1.04. The molecule has 0 saturated carbocycles. The summed E-state index contributed by atoms with van der Waals surface area (Å²) in [6.07, 6.45) is 1.78. The molecule has 0 amide bonds. The van der Waals surface area contributed by atoms with E-state index in [9.17, 15) is 29.4 Å². The molecule has 1 aromatic rings. The van der Waals surface area contributed by atoms with Gasteiger partial charge in [0.05, 0.1) is 54.6 Å². The highest BCUT2D eigenvalue weighted by molar-refractivity contribution is 5.75. The second kappa shape index (κ2) is 16.3. The molecule has 202 valence electrons. The molecule has 0 atom stereocenters. The van der Waals surface area contributed by atoms with E-state index in [0.717, 1.165) is 0 Å². The van der Waals surface area contributed by atoms with Gasteiger partial charge in [0.1, 0.15) is 0 Å². The number of aromatic hydroxyl groups is 2.